The molecule has 2 rings (SSSR count). The van der Waals surface area contributed by atoms with E-state index in [2.05, 4.69) is 10.3 Å². The topological polar surface area (TPSA) is 77.2 Å². The van der Waals surface area contributed by atoms with Gasteiger partial charge in [-0.3, -0.25) is 9.78 Å². The number of halogens is 1. The molecule has 6 heteroatoms. The number of carbonyl (C=O) groups excluding carboxylic acids is 1. The summed E-state index contributed by atoms with van der Waals surface area (Å²) < 4.78 is 5.29. The Bertz CT molecular complexity index is 420. The normalized spacial score (nSPS) is 22.3. The molecule has 5 nitrogen and oxygen atoms in total. The molecule has 2 heterocycles. The van der Waals surface area contributed by atoms with Crippen LogP contribution in [0.4, 0.5) is 0 Å². The fraction of sp³-hybridized carbons (Fsp3) is 0.500. The summed E-state index contributed by atoms with van der Waals surface area (Å²) in [6.45, 7) is 3.58. The van der Waals surface area contributed by atoms with Crippen molar-refractivity contribution in [2.75, 3.05) is 13.2 Å². The van der Waals surface area contributed by atoms with Crippen LogP contribution in [0.15, 0.2) is 18.3 Å². The van der Waals surface area contributed by atoms with Gasteiger partial charge in [0.25, 0.3) is 5.91 Å². The Labute approximate surface area is 113 Å². The maximum atomic E-state index is 12.0. The van der Waals surface area contributed by atoms with Gasteiger partial charge in [-0.25, -0.2) is 0 Å². The lowest BCUT2D eigenvalue weighted by Gasteiger charge is -2.23. The van der Waals surface area contributed by atoms with Gasteiger partial charge in [0.1, 0.15) is 0 Å². The number of ether oxygens (including phenoxy) is 1. The van der Waals surface area contributed by atoms with Gasteiger partial charge < -0.3 is 15.8 Å². The molecule has 1 aliphatic heterocycles. The number of carbonyl (C=O) groups is 1. The van der Waals surface area contributed by atoms with E-state index >= 15 is 0 Å². The smallest absolute Gasteiger partial charge is 0.251 e. The zero-order chi connectivity index (χ0) is 12.3. The number of hydrogen-bond acceptors (Lipinski definition) is 4. The maximum Gasteiger partial charge on any atom is 0.251 e. The highest BCUT2D eigenvalue weighted by molar-refractivity contribution is 5.94. The van der Waals surface area contributed by atoms with Crippen LogP contribution in [0.5, 0.6) is 0 Å². The van der Waals surface area contributed by atoms with Crippen molar-refractivity contribution < 1.29 is 9.53 Å². The molecular formula is C12H18ClN3O2. The second-order valence-corrected chi connectivity index (χ2v) is 4.56. The lowest BCUT2D eigenvalue weighted by atomic mass is 10.0. The molecule has 0 aromatic carbocycles. The van der Waals surface area contributed by atoms with Crippen molar-refractivity contribution in [1.82, 2.24) is 10.3 Å². The van der Waals surface area contributed by atoms with Crippen molar-refractivity contribution in [1.29, 1.82) is 0 Å². The van der Waals surface area contributed by atoms with E-state index in [1.165, 1.54) is 0 Å². The molecule has 3 N–H and O–H groups in total. The molecule has 1 aliphatic rings. The standard InChI is InChI=1S/C12H17N3O2.ClH/c1-12(3-5-17-8-12)15-11(16)9-2-4-14-10(6-9)7-13;/h2,4,6H,3,5,7-8,13H2,1H3,(H,15,16);1H. The van der Waals surface area contributed by atoms with Crippen LogP contribution in [0.3, 0.4) is 0 Å². The Morgan fingerprint density at radius 3 is 3.06 bits per heavy atom. The van der Waals surface area contributed by atoms with Gasteiger partial charge >= 0.3 is 0 Å². The van der Waals surface area contributed by atoms with Gasteiger partial charge in [-0.1, -0.05) is 0 Å². The van der Waals surface area contributed by atoms with Crippen molar-refractivity contribution in [3.8, 4) is 0 Å². The van der Waals surface area contributed by atoms with E-state index in [4.69, 9.17) is 10.5 Å². The van der Waals surface area contributed by atoms with E-state index < -0.39 is 0 Å². The summed E-state index contributed by atoms with van der Waals surface area (Å²) in [5, 5.41) is 2.99. The molecule has 1 saturated heterocycles. The van der Waals surface area contributed by atoms with Crippen LogP contribution in [-0.4, -0.2) is 29.6 Å². The maximum absolute atomic E-state index is 12.0. The third kappa shape index (κ3) is 3.41. The fourth-order valence-electron chi connectivity index (χ4n) is 1.84. The molecule has 0 spiro atoms. The molecule has 0 aliphatic carbocycles. The van der Waals surface area contributed by atoms with Gasteiger partial charge in [0.2, 0.25) is 0 Å². The molecule has 0 radical (unpaired) electrons. The minimum atomic E-state index is -0.261. The number of amides is 1. The summed E-state index contributed by atoms with van der Waals surface area (Å²) in [5.41, 5.74) is 6.54. The van der Waals surface area contributed by atoms with Crippen LogP contribution in [0.2, 0.25) is 0 Å². The number of hydrogen-bond donors (Lipinski definition) is 2. The molecule has 0 saturated carbocycles. The summed E-state index contributed by atoms with van der Waals surface area (Å²) in [6, 6.07) is 3.40. The predicted molar refractivity (Wildman–Crippen MR) is 70.7 cm³/mol. The number of nitrogens with two attached hydrogens (primary N) is 1. The minimum absolute atomic E-state index is 0. The summed E-state index contributed by atoms with van der Waals surface area (Å²) in [6.07, 6.45) is 2.44. The van der Waals surface area contributed by atoms with Gasteiger partial charge in [-0.05, 0) is 25.5 Å². The van der Waals surface area contributed by atoms with E-state index in [1.54, 1.807) is 18.3 Å². The lowest BCUT2D eigenvalue weighted by Crippen LogP contribution is -2.46. The fourth-order valence-corrected chi connectivity index (χ4v) is 1.84. The molecule has 1 aromatic heterocycles. The highest BCUT2D eigenvalue weighted by Gasteiger charge is 2.31. The van der Waals surface area contributed by atoms with Crippen molar-refractivity contribution >= 4 is 18.3 Å². The average Bonchev–Trinajstić information content (AvgIpc) is 2.76. The SMILES string of the molecule is CC1(NC(=O)c2ccnc(CN)c2)CCOC1.Cl. The van der Waals surface area contributed by atoms with E-state index in [-0.39, 0.29) is 23.9 Å². The van der Waals surface area contributed by atoms with Crippen molar-refractivity contribution in [3.05, 3.63) is 29.6 Å². The van der Waals surface area contributed by atoms with E-state index in [0.717, 1.165) is 6.42 Å². The van der Waals surface area contributed by atoms with E-state index in [9.17, 15) is 4.79 Å². The molecule has 1 aromatic rings. The minimum Gasteiger partial charge on any atom is -0.379 e. The van der Waals surface area contributed by atoms with E-state index in [1.807, 2.05) is 6.92 Å². The van der Waals surface area contributed by atoms with Crippen molar-refractivity contribution in [2.45, 2.75) is 25.4 Å². The van der Waals surface area contributed by atoms with Gasteiger partial charge in [-0.2, -0.15) is 0 Å². The van der Waals surface area contributed by atoms with Crippen LogP contribution in [-0.2, 0) is 11.3 Å². The van der Waals surface area contributed by atoms with Crippen molar-refractivity contribution in [3.63, 3.8) is 0 Å². The van der Waals surface area contributed by atoms with Gasteiger partial charge in [0.15, 0.2) is 0 Å². The van der Waals surface area contributed by atoms with Crippen LogP contribution in [0, 0.1) is 0 Å². The Morgan fingerprint density at radius 1 is 1.67 bits per heavy atom. The summed E-state index contributed by atoms with van der Waals surface area (Å²) in [5.74, 6) is -0.102. The summed E-state index contributed by atoms with van der Waals surface area (Å²) in [7, 11) is 0. The average molecular weight is 272 g/mol. The largest absolute Gasteiger partial charge is 0.379 e. The highest BCUT2D eigenvalue weighted by Crippen LogP contribution is 2.18. The zero-order valence-electron chi connectivity index (χ0n) is 10.3. The number of nitrogens with zero attached hydrogens (tertiary/aromatic N) is 1. The Hall–Kier alpha value is -1.17. The zero-order valence-corrected chi connectivity index (χ0v) is 11.1. The lowest BCUT2D eigenvalue weighted by molar-refractivity contribution is 0.0889. The third-order valence-electron chi connectivity index (χ3n) is 2.92. The Balaban J connectivity index is 0.00000162. The highest BCUT2D eigenvalue weighted by atomic mass is 35.5. The first-order chi connectivity index (χ1) is 8.13. The monoisotopic (exact) mass is 271 g/mol. The number of aromatic nitrogens is 1. The van der Waals surface area contributed by atoms with Crippen LogP contribution >= 0.6 is 12.4 Å². The molecule has 1 atom stereocenters. The van der Waals surface area contributed by atoms with Gasteiger partial charge in [-0.15, -0.1) is 12.4 Å². The predicted octanol–water partition coefficient (Wildman–Crippen LogP) is 0.871. The number of nitrogens with one attached hydrogen (secondary N) is 1. The third-order valence-corrected chi connectivity index (χ3v) is 2.92. The molecule has 18 heavy (non-hydrogen) atoms. The summed E-state index contributed by atoms with van der Waals surface area (Å²) in [4.78, 5) is 16.1. The Kier molecular flexibility index (Phi) is 5.07. The molecule has 100 valence electrons. The molecule has 1 amide bonds. The molecule has 0 bridgehead atoms. The Morgan fingerprint density at radius 2 is 2.44 bits per heavy atom. The molecule has 1 unspecified atom stereocenters. The van der Waals surface area contributed by atoms with Crippen LogP contribution in [0.25, 0.3) is 0 Å². The number of pyridine rings is 1. The quantitative estimate of drug-likeness (QED) is 0.855. The first-order valence-corrected chi connectivity index (χ1v) is 5.68. The molecular weight excluding hydrogens is 254 g/mol. The molecule has 1 fully saturated rings. The van der Waals surface area contributed by atoms with Crippen LogP contribution in [0.1, 0.15) is 29.4 Å². The second-order valence-electron chi connectivity index (χ2n) is 4.56. The van der Waals surface area contributed by atoms with Gasteiger partial charge in [0, 0.05) is 24.9 Å². The second kappa shape index (κ2) is 6.13. The summed E-state index contributed by atoms with van der Waals surface area (Å²) >= 11 is 0. The first-order valence-electron chi connectivity index (χ1n) is 5.68. The van der Waals surface area contributed by atoms with Gasteiger partial charge in [0.05, 0.1) is 17.8 Å². The van der Waals surface area contributed by atoms with Crippen molar-refractivity contribution in [2.24, 2.45) is 5.73 Å². The van der Waals surface area contributed by atoms with E-state index in [0.29, 0.717) is 31.0 Å². The first kappa shape index (κ1) is 14.9. The number of rotatable bonds is 3. The van der Waals surface area contributed by atoms with Crippen LogP contribution < -0.4 is 11.1 Å².